The number of rotatable bonds is 64. The summed E-state index contributed by atoms with van der Waals surface area (Å²) in [7, 11) is 1.14. The third-order valence-corrected chi connectivity index (χ3v) is 16.6. The van der Waals surface area contributed by atoms with Crippen molar-refractivity contribution in [2.75, 3.05) is 40.9 Å². The minimum Gasteiger partial charge on any atom is -0.756 e. The third-order valence-electron chi connectivity index (χ3n) is 15.6. The fourth-order valence-electron chi connectivity index (χ4n) is 10.2. The van der Waals surface area contributed by atoms with Crippen LogP contribution in [0.1, 0.15) is 323 Å². The van der Waals surface area contributed by atoms with E-state index in [2.05, 4.69) is 92.9 Å². The van der Waals surface area contributed by atoms with Crippen molar-refractivity contribution >= 4 is 19.7 Å². The van der Waals surface area contributed by atoms with Crippen molar-refractivity contribution in [2.24, 2.45) is 0 Å². The Kier molecular flexibility index (Phi) is 61.1. The number of nitrogens with zero attached hydrogens (tertiary/aromatic N) is 1. The number of quaternary nitrogens is 1. The van der Waals surface area contributed by atoms with Crippen LogP contribution in [0.5, 0.6) is 0 Å². The van der Waals surface area contributed by atoms with Gasteiger partial charge in [0.2, 0.25) is 5.91 Å². The molecular weight excluding hydrogens is 1060 g/mol. The normalized spacial score (nSPS) is 14.0. The van der Waals surface area contributed by atoms with Gasteiger partial charge in [-0.1, -0.05) is 324 Å². The number of phosphoric acid groups is 1. The van der Waals surface area contributed by atoms with Gasteiger partial charge in [0, 0.05) is 12.8 Å². The van der Waals surface area contributed by atoms with Crippen LogP contribution < -0.4 is 10.2 Å². The van der Waals surface area contributed by atoms with Crippen LogP contribution in [0.25, 0.3) is 0 Å². The first-order valence-electron chi connectivity index (χ1n) is 35.4. The van der Waals surface area contributed by atoms with Crippen LogP contribution in [0.2, 0.25) is 0 Å². The van der Waals surface area contributed by atoms with Gasteiger partial charge in [-0.15, -0.1) is 0 Å². The summed E-state index contributed by atoms with van der Waals surface area (Å²) in [5.74, 6) is -0.630. The summed E-state index contributed by atoms with van der Waals surface area (Å²) < 4.78 is 30.4. The van der Waals surface area contributed by atoms with E-state index in [1.54, 1.807) is 0 Å². The zero-order valence-electron chi connectivity index (χ0n) is 55.8. The number of likely N-dealkylation sites (N-methyl/N-ethyl adjacent to an activating group) is 1. The molecule has 0 heterocycles. The predicted octanol–water partition coefficient (Wildman–Crippen LogP) is 21.9. The summed E-state index contributed by atoms with van der Waals surface area (Å²) in [6, 6.07) is -0.932. The molecule has 0 aliphatic heterocycles. The maximum Gasteiger partial charge on any atom is 0.306 e. The summed E-state index contributed by atoms with van der Waals surface area (Å²) in [5.41, 5.74) is 0. The van der Waals surface area contributed by atoms with E-state index >= 15 is 0 Å². The van der Waals surface area contributed by atoms with Gasteiger partial charge in [-0.25, -0.2) is 0 Å². The lowest BCUT2D eigenvalue weighted by Crippen LogP contribution is -2.47. The molecule has 3 unspecified atom stereocenters. The van der Waals surface area contributed by atoms with E-state index in [4.69, 9.17) is 13.8 Å². The average Bonchev–Trinajstić information content (AvgIpc) is 3.64. The highest BCUT2D eigenvalue weighted by molar-refractivity contribution is 7.45. The zero-order valence-corrected chi connectivity index (χ0v) is 56.7. The Bertz CT molecular complexity index is 1710. The molecule has 0 fully saturated rings. The number of hydrogen-bond acceptors (Lipinski definition) is 7. The quantitative estimate of drug-likeness (QED) is 0.0212. The Morgan fingerprint density at radius 1 is 0.429 bits per heavy atom. The van der Waals surface area contributed by atoms with Crippen LogP contribution >= 0.6 is 7.82 Å². The number of hydrogen-bond donors (Lipinski definition) is 1. The van der Waals surface area contributed by atoms with Gasteiger partial charge >= 0.3 is 5.97 Å². The molecule has 0 rings (SSSR count). The van der Waals surface area contributed by atoms with Gasteiger partial charge in [-0.3, -0.25) is 14.2 Å². The lowest BCUT2D eigenvalue weighted by atomic mass is 10.0. The Morgan fingerprint density at radius 3 is 1.14 bits per heavy atom. The van der Waals surface area contributed by atoms with Crippen LogP contribution in [0.15, 0.2) is 85.1 Å². The number of carbonyl (C=O) groups is 2. The first-order chi connectivity index (χ1) is 40.9. The summed E-state index contributed by atoms with van der Waals surface area (Å²) in [6.07, 6.45) is 84.6. The number of allylic oxidation sites excluding steroid dienone is 13. The highest BCUT2D eigenvalue weighted by Crippen LogP contribution is 2.38. The van der Waals surface area contributed by atoms with Gasteiger partial charge in [0.1, 0.15) is 19.3 Å². The van der Waals surface area contributed by atoms with Gasteiger partial charge in [0.25, 0.3) is 7.82 Å². The predicted molar refractivity (Wildman–Crippen MR) is 362 cm³/mol. The van der Waals surface area contributed by atoms with Gasteiger partial charge in [-0.05, 0) is 70.3 Å². The van der Waals surface area contributed by atoms with Crippen LogP contribution in [0.3, 0.4) is 0 Å². The second kappa shape index (κ2) is 63.2. The molecule has 488 valence electrons. The number of phosphoric ester groups is 1. The first-order valence-corrected chi connectivity index (χ1v) is 36.9. The molecular formula is C74H135N2O7P. The van der Waals surface area contributed by atoms with E-state index in [0.717, 1.165) is 77.0 Å². The fraction of sp³-hybridized carbons (Fsp3) is 0.784. The Hall–Kier alpha value is -2.81. The molecule has 0 bridgehead atoms. The van der Waals surface area contributed by atoms with E-state index in [0.29, 0.717) is 17.4 Å². The standard InChI is InChI=1S/C74H135N2O7P/c1-7-10-13-16-19-22-25-28-30-32-34-35-36-37-38-39-40-41-43-45-47-49-52-55-58-61-64-67-74(78)83-72(65-62-59-56-53-50-27-24-21-18-15-12-9-3)71(70-82-84(79,80)81-69-68-76(4,5)6)75-73(77)66-63-60-57-54-51-48-46-44-42-33-31-29-26-23-20-17-14-11-8-2/h11,14,20,23,29,31,42,44,48,51,57,60,62,65,71-72H,7-10,12-13,15-19,21-22,24-28,30,32-41,43,45-47,49-50,52-56,58-59,61,63-64,66-70H2,1-6H3,(H-,75,77,79,80)/b14-11-,23-20-,31-29-,44-42-,51-48-,60-57-,65-62-. The van der Waals surface area contributed by atoms with Crippen molar-refractivity contribution < 1.29 is 37.3 Å². The second-order valence-electron chi connectivity index (χ2n) is 25.0. The van der Waals surface area contributed by atoms with Crippen LogP contribution in [-0.4, -0.2) is 69.4 Å². The molecule has 0 radical (unpaired) electrons. The fourth-order valence-corrected chi connectivity index (χ4v) is 10.9. The molecule has 10 heteroatoms. The number of esters is 1. The van der Waals surface area contributed by atoms with Crippen LogP contribution in [-0.2, 0) is 27.9 Å². The zero-order chi connectivity index (χ0) is 61.4. The number of carbonyl (C=O) groups excluding carboxylic acids is 2. The molecule has 3 atom stereocenters. The lowest BCUT2D eigenvalue weighted by molar-refractivity contribution is -0.870. The number of unbranched alkanes of at least 4 members (excludes halogenated alkanes) is 36. The van der Waals surface area contributed by atoms with Crippen molar-refractivity contribution in [1.29, 1.82) is 0 Å². The maximum absolute atomic E-state index is 13.5. The molecule has 0 aromatic rings. The van der Waals surface area contributed by atoms with Crippen LogP contribution in [0.4, 0.5) is 0 Å². The van der Waals surface area contributed by atoms with E-state index in [9.17, 15) is 19.0 Å². The van der Waals surface area contributed by atoms with Crippen molar-refractivity contribution in [3.63, 3.8) is 0 Å². The summed E-state index contributed by atoms with van der Waals surface area (Å²) in [6.45, 7) is 6.70. The molecule has 0 aliphatic rings. The highest BCUT2D eigenvalue weighted by atomic mass is 31.2. The van der Waals surface area contributed by atoms with Gasteiger partial charge < -0.3 is 28.5 Å². The Labute approximate surface area is 520 Å². The molecule has 0 saturated heterocycles. The van der Waals surface area contributed by atoms with E-state index in [1.807, 2.05) is 39.4 Å². The maximum atomic E-state index is 13.5. The molecule has 0 aliphatic carbocycles. The van der Waals surface area contributed by atoms with Gasteiger partial charge in [0.05, 0.1) is 33.8 Å². The molecule has 0 spiro atoms. The molecule has 0 saturated carbocycles. The first kappa shape index (κ1) is 81.2. The largest absolute Gasteiger partial charge is 0.756 e. The minimum atomic E-state index is -4.73. The summed E-state index contributed by atoms with van der Waals surface area (Å²) >= 11 is 0. The monoisotopic (exact) mass is 1200 g/mol. The third kappa shape index (κ3) is 63.7. The summed E-state index contributed by atoms with van der Waals surface area (Å²) in [4.78, 5) is 40.1. The average molecular weight is 1200 g/mol. The van der Waals surface area contributed by atoms with E-state index < -0.39 is 26.6 Å². The van der Waals surface area contributed by atoms with E-state index in [-0.39, 0.29) is 31.3 Å². The van der Waals surface area contributed by atoms with Crippen molar-refractivity contribution in [1.82, 2.24) is 5.32 Å². The van der Waals surface area contributed by atoms with Crippen molar-refractivity contribution in [3.8, 4) is 0 Å². The molecule has 9 nitrogen and oxygen atoms in total. The number of nitrogens with one attached hydrogen (secondary N) is 1. The Balaban J connectivity index is 5.09. The number of amides is 1. The number of ether oxygens (including phenoxy) is 1. The summed E-state index contributed by atoms with van der Waals surface area (Å²) in [5, 5.41) is 2.99. The minimum absolute atomic E-state index is 0.0376. The van der Waals surface area contributed by atoms with Crippen LogP contribution in [0, 0.1) is 0 Å². The Morgan fingerprint density at radius 2 is 0.774 bits per heavy atom. The highest BCUT2D eigenvalue weighted by Gasteiger charge is 2.27. The molecule has 1 N–H and O–H groups in total. The molecule has 0 aromatic heterocycles. The van der Waals surface area contributed by atoms with Gasteiger partial charge in [-0.2, -0.15) is 0 Å². The topological polar surface area (TPSA) is 114 Å². The van der Waals surface area contributed by atoms with Crippen molar-refractivity contribution in [2.45, 2.75) is 335 Å². The smallest absolute Gasteiger partial charge is 0.306 e. The second-order valence-corrected chi connectivity index (χ2v) is 26.4. The SMILES string of the molecule is CC/C=C\C/C=C\C/C=C\C/C=C\C/C=C\C/C=C\CCC(=O)NC(COP(=O)([O-])OCC[N+](C)(C)C)C(/C=C\CCCCCCCCCCCC)OC(=O)CCCCCCCCCCCCCCCCCCCCCCCCCCCCC. The molecule has 0 aromatic carbocycles. The lowest BCUT2D eigenvalue weighted by Gasteiger charge is -2.30. The van der Waals surface area contributed by atoms with Gasteiger partial charge in [0.15, 0.2) is 0 Å². The van der Waals surface area contributed by atoms with E-state index in [1.165, 1.54) is 205 Å². The molecule has 84 heavy (non-hydrogen) atoms. The molecule has 1 amide bonds. The van der Waals surface area contributed by atoms with Crippen molar-refractivity contribution in [3.05, 3.63) is 85.1 Å².